The van der Waals surface area contributed by atoms with Gasteiger partial charge < -0.3 is 9.84 Å². The van der Waals surface area contributed by atoms with Crippen LogP contribution in [0.3, 0.4) is 0 Å². The second-order valence-electron chi connectivity index (χ2n) is 7.02. The first kappa shape index (κ1) is 21.2. The number of amides is 1. The van der Waals surface area contributed by atoms with Crippen molar-refractivity contribution < 1.29 is 9.32 Å². The monoisotopic (exact) mass is 457 g/mol. The summed E-state index contributed by atoms with van der Waals surface area (Å²) in [4.78, 5) is 35.1. The molecule has 0 saturated heterocycles. The van der Waals surface area contributed by atoms with E-state index >= 15 is 0 Å². The number of thiophene rings is 1. The van der Waals surface area contributed by atoms with Crippen LogP contribution in [0.25, 0.3) is 32.4 Å². The number of hydrogen-bond acceptors (Lipinski definition) is 7. The van der Waals surface area contributed by atoms with E-state index in [2.05, 4.69) is 20.4 Å². The highest BCUT2D eigenvalue weighted by Gasteiger charge is 2.21. The van der Waals surface area contributed by atoms with Crippen LogP contribution in [0.1, 0.15) is 25.3 Å². The number of carbonyl (C=O) groups excluding carboxylic acids is 1. The maximum absolute atomic E-state index is 13.0. The number of rotatable bonds is 7. The van der Waals surface area contributed by atoms with E-state index in [-0.39, 0.29) is 18.0 Å². The van der Waals surface area contributed by atoms with Gasteiger partial charge in [0.2, 0.25) is 11.7 Å². The fraction of sp³-hybridized carbons (Fsp3) is 0.286. The van der Waals surface area contributed by atoms with Gasteiger partial charge in [0.05, 0.1) is 21.6 Å². The topological polar surface area (TPSA) is 103 Å². The van der Waals surface area contributed by atoms with E-state index in [1.807, 2.05) is 26.0 Å². The fourth-order valence-electron chi connectivity index (χ4n) is 3.16. The number of fused-ring (bicyclic) bond motifs is 1. The summed E-state index contributed by atoms with van der Waals surface area (Å²) in [5.41, 5.74) is 1.07. The predicted molar refractivity (Wildman–Crippen MR) is 120 cm³/mol. The van der Waals surface area contributed by atoms with E-state index in [0.29, 0.717) is 49.5 Å². The molecule has 8 nitrogen and oxygen atoms in total. The van der Waals surface area contributed by atoms with Crippen molar-refractivity contribution in [1.82, 2.24) is 25.0 Å². The third-order valence-corrected chi connectivity index (χ3v) is 6.34. The quantitative estimate of drug-likeness (QED) is 0.420. The van der Waals surface area contributed by atoms with Crippen molar-refractivity contribution in [3.63, 3.8) is 0 Å². The molecule has 0 unspecified atom stereocenters. The first-order chi connectivity index (χ1) is 15.0. The molecule has 0 radical (unpaired) electrons. The second-order valence-corrected chi connectivity index (χ2v) is 8.43. The van der Waals surface area contributed by atoms with Crippen molar-refractivity contribution in [1.29, 1.82) is 0 Å². The molecule has 0 atom stereocenters. The van der Waals surface area contributed by atoms with E-state index in [9.17, 15) is 9.59 Å². The summed E-state index contributed by atoms with van der Waals surface area (Å²) in [7, 11) is 0. The molecule has 0 bridgehead atoms. The zero-order valence-corrected chi connectivity index (χ0v) is 18.6. The van der Waals surface area contributed by atoms with Crippen molar-refractivity contribution >= 4 is 39.1 Å². The van der Waals surface area contributed by atoms with Gasteiger partial charge >= 0.3 is 0 Å². The molecule has 10 heteroatoms. The van der Waals surface area contributed by atoms with Gasteiger partial charge in [-0.1, -0.05) is 42.2 Å². The SMILES string of the molecule is CCCCNC(=O)Cn1cnc2sc(-c3nc(-c4ccccc4Cl)no3)c(C)c2c1=O. The Labute approximate surface area is 186 Å². The van der Waals surface area contributed by atoms with Crippen molar-refractivity contribution in [3.05, 3.63) is 51.5 Å². The van der Waals surface area contributed by atoms with Crippen LogP contribution in [-0.2, 0) is 11.3 Å². The first-order valence-corrected chi connectivity index (χ1v) is 11.0. The van der Waals surface area contributed by atoms with Crippen LogP contribution >= 0.6 is 22.9 Å². The van der Waals surface area contributed by atoms with Crippen LogP contribution in [0.4, 0.5) is 0 Å². The van der Waals surface area contributed by atoms with Crippen molar-refractivity contribution in [3.8, 4) is 22.2 Å². The number of aryl methyl sites for hydroxylation is 1. The number of unbranched alkanes of at least 4 members (excludes halogenated alkanes) is 1. The molecular formula is C21H20ClN5O3S. The first-order valence-electron chi connectivity index (χ1n) is 9.83. The van der Waals surface area contributed by atoms with E-state index in [0.717, 1.165) is 12.8 Å². The Bertz CT molecular complexity index is 1310. The Morgan fingerprint density at radius 1 is 1.32 bits per heavy atom. The maximum atomic E-state index is 13.0. The Morgan fingerprint density at radius 3 is 2.90 bits per heavy atom. The molecule has 4 aromatic rings. The molecule has 0 aliphatic rings. The highest BCUT2D eigenvalue weighted by molar-refractivity contribution is 7.22. The molecule has 0 aliphatic carbocycles. The van der Waals surface area contributed by atoms with Gasteiger partial charge in [-0.05, 0) is 31.0 Å². The smallest absolute Gasteiger partial charge is 0.268 e. The van der Waals surface area contributed by atoms with Gasteiger partial charge in [-0.3, -0.25) is 14.2 Å². The van der Waals surface area contributed by atoms with Crippen LogP contribution in [-0.4, -0.2) is 32.1 Å². The molecule has 3 heterocycles. The molecule has 0 aliphatic heterocycles. The summed E-state index contributed by atoms with van der Waals surface area (Å²) >= 11 is 7.52. The molecule has 160 valence electrons. The minimum atomic E-state index is -0.276. The van der Waals surface area contributed by atoms with Crippen LogP contribution in [0.5, 0.6) is 0 Å². The molecule has 4 rings (SSSR count). The zero-order valence-electron chi connectivity index (χ0n) is 17.0. The average Bonchev–Trinajstić information content (AvgIpc) is 3.36. The molecule has 1 amide bonds. The lowest BCUT2D eigenvalue weighted by Gasteiger charge is -2.06. The zero-order chi connectivity index (χ0) is 22.0. The number of halogens is 1. The van der Waals surface area contributed by atoms with E-state index in [4.69, 9.17) is 16.1 Å². The molecular weight excluding hydrogens is 438 g/mol. The van der Waals surface area contributed by atoms with Crippen LogP contribution in [0.15, 0.2) is 39.9 Å². The van der Waals surface area contributed by atoms with Gasteiger partial charge in [-0.2, -0.15) is 4.98 Å². The number of aromatic nitrogens is 4. The lowest BCUT2D eigenvalue weighted by Crippen LogP contribution is -2.32. The summed E-state index contributed by atoms with van der Waals surface area (Å²) in [5.74, 6) is 0.441. The van der Waals surface area contributed by atoms with Crippen molar-refractivity contribution in [2.24, 2.45) is 0 Å². The van der Waals surface area contributed by atoms with Crippen molar-refractivity contribution in [2.75, 3.05) is 6.54 Å². The van der Waals surface area contributed by atoms with E-state index < -0.39 is 0 Å². The van der Waals surface area contributed by atoms with Crippen LogP contribution in [0.2, 0.25) is 5.02 Å². The highest BCUT2D eigenvalue weighted by Crippen LogP contribution is 2.36. The molecule has 31 heavy (non-hydrogen) atoms. The molecule has 0 saturated carbocycles. The van der Waals surface area contributed by atoms with Crippen LogP contribution < -0.4 is 10.9 Å². The predicted octanol–water partition coefficient (Wildman–Crippen LogP) is 4.05. The van der Waals surface area contributed by atoms with E-state index in [1.165, 1.54) is 22.2 Å². The Balaban J connectivity index is 1.66. The maximum Gasteiger partial charge on any atom is 0.268 e. The lowest BCUT2D eigenvalue weighted by molar-refractivity contribution is -0.121. The molecule has 0 fully saturated rings. The molecule has 3 aromatic heterocycles. The standard InChI is InChI=1S/C21H20ClN5O3S/c1-3-4-9-23-15(28)10-27-11-24-20-16(21(27)29)12(2)17(31-20)19-25-18(26-30-19)13-7-5-6-8-14(13)22/h5-8,11H,3-4,9-10H2,1-2H3,(H,23,28). The third-order valence-electron chi connectivity index (χ3n) is 4.82. The highest BCUT2D eigenvalue weighted by atomic mass is 35.5. The van der Waals surface area contributed by atoms with Gasteiger partial charge in [-0.15, -0.1) is 11.3 Å². The summed E-state index contributed by atoms with van der Waals surface area (Å²) in [6, 6.07) is 7.22. The summed E-state index contributed by atoms with van der Waals surface area (Å²) in [6.07, 6.45) is 3.27. The molecule has 0 spiro atoms. The second kappa shape index (κ2) is 8.99. The van der Waals surface area contributed by atoms with E-state index in [1.54, 1.807) is 12.1 Å². The van der Waals surface area contributed by atoms with Gasteiger partial charge in [0.25, 0.3) is 11.4 Å². The summed E-state index contributed by atoms with van der Waals surface area (Å²) < 4.78 is 6.77. The minimum absolute atomic E-state index is 0.0761. The van der Waals surface area contributed by atoms with Gasteiger partial charge in [0.1, 0.15) is 11.4 Å². The summed E-state index contributed by atoms with van der Waals surface area (Å²) in [6.45, 7) is 4.37. The largest absolute Gasteiger partial charge is 0.355 e. The number of nitrogens with zero attached hydrogens (tertiary/aromatic N) is 4. The Kier molecular flexibility index (Phi) is 6.15. The number of nitrogens with one attached hydrogen (secondary N) is 1. The molecule has 1 N–H and O–H groups in total. The average molecular weight is 458 g/mol. The lowest BCUT2D eigenvalue weighted by atomic mass is 10.2. The summed E-state index contributed by atoms with van der Waals surface area (Å²) in [5, 5.41) is 7.80. The minimum Gasteiger partial charge on any atom is -0.355 e. The van der Waals surface area contributed by atoms with Crippen molar-refractivity contribution in [2.45, 2.75) is 33.2 Å². The Morgan fingerprint density at radius 2 is 2.13 bits per heavy atom. The van der Waals surface area contributed by atoms with Gasteiger partial charge in [-0.25, -0.2) is 4.98 Å². The van der Waals surface area contributed by atoms with Gasteiger partial charge in [0.15, 0.2) is 0 Å². The fourth-order valence-corrected chi connectivity index (χ4v) is 4.44. The Hall–Kier alpha value is -3.04. The third kappa shape index (κ3) is 4.24. The number of hydrogen-bond donors (Lipinski definition) is 1. The normalized spacial score (nSPS) is 11.2. The number of benzene rings is 1. The molecule has 1 aromatic carbocycles. The van der Waals surface area contributed by atoms with Crippen LogP contribution in [0, 0.1) is 6.92 Å². The number of carbonyl (C=O) groups is 1. The van der Waals surface area contributed by atoms with Gasteiger partial charge in [0, 0.05) is 12.1 Å².